The monoisotopic (exact) mass is 199 g/mol. The highest BCUT2D eigenvalue weighted by atomic mass is 35.5. The van der Waals surface area contributed by atoms with E-state index in [9.17, 15) is 0 Å². The molecular formula is C9H14ClN3. The van der Waals surface area contributed by atoms with Crippen LogP contribution < -0.4 is 5.73 Å². The third-order valence-corrected chi connectivity index (χ3v) is 3.17. The van der Waals surface area contributed by atoms with E-state index in [1.54, 1.807) is 0 Å². The minimum Gasteiger partial charge on any atom is -0.330 e. The molecule has 0 spiro atoms. The summed E-state index contributed by atoms with van der Waals surface area (Å²) < 4.78 is 2.10. The predicted molar refractivity (Wildman–Crippen MR) is 52.8 cm³/mol. The molecule has 13 heavy (non-hydrogen) atoms. The molecule has 4 heteroatoms. The van der Waals surface area contributed by atoms with Crippen LogP contribution >= 0.6 is 11.6 Å². The van der Waals surface area contributed by atoms with E-state index in [1.807, 2.05) is 6.92 Å². The molecular weight excluding hydrogens is 186 g/mol. The van der Waals surface area contributed by atoms with Gasteiger partial charge in [-0.25, -0.2) is 4.98 Å². The first-order valence-electron chi connectivity index (χ1n) is 4.64. The van der Waals surface area contributed by atoms with E-state index in [0.29, 0.717) is 5.92 Å². The van der Waals surface area contributed by atoms with Crippen molar-refractivity contribution < 1.29 is 0 Å². The second kappa shape index (κ2) is 3.31. The SMILES string of the molecule is Cc1nc2n(c1Cl)CC(CN)CC2. The second-order valence-corrected chi connectivity index (χ2v) is 4.01. The van der Waals surface area contributed by atoms with Crippen molar-refractivity contribution in [3.63, 3.8) is 0 Å². The molecule has 1 aromatic rings. The summed E-state index contributed by atoms with van der Waals surface area (Å²) in [4.78, 5) is 4.41. The van der Waals surface area contributed by atoms with Gasteiger partial charge in [-0.15, -0.1) is 0 Å². The number of nitrogens with zero attached hydrogens (tertiary/aromatic N) is 2. The third kappa shape index (κ3) is 1.46. The Kier molecular flexibility index (Phi) is 2.30. The lowest BCUT2D eigenvalue weighted by atomic mass is 10.00. The Balaban J connectivity index is 2.32. The van der Waals surface area contributed by atoms with Gasteiger partial charge in [0.05, 0.1) is 5.69 Å². The first-order chi connectivity index (χ1) is 6.22. The maximum atomic E-state index is 6.11. The van der Waals surface area contributed by atoms with Crippen molar-refractivity contribution in [2.75, 3.05) is 6.54 Å². The lowest BCUT2D eigenvalue weighted by Crippen LogP contribution is -2.26. The Morgan fingerprint density at radius 1 is 1.69 bits per heavy atom. The summed E-state index contributed by atoms with van der Waals surface area (Å²) in [5, 5.41) is 0.785. The van der Waals surface area contributed by atoms with Crippen molar-refractivity contribution >= 4 is 11.6 Å². The standard InChI is InChI=1S/C9H14ClN3/c1-6-9(10)13-5-7(4-11)2-3-8(13)12-6/h7H,2-5,11H2,1H3. The smallest absolute Gasteiger partial charge is 0.131 e. The molecule has 1 atom stereocenters. The fourth-order valence-corrected chi connectivity index (χ4v) is 2.07. The van der Waals surface area contributed by atoms with Crippen LogP contribution in [0.15, 0.2) is 0 Å². The number of hydrogen-bond donors (Lipinski definition) is 1. The summed E-state index contributed by atoms with van der Waals surface area (Å²) in [7, 11) is 0. The topological polar surface area (TPSA) is 43.8 Å². The molecule has 72 valence electrons. The second-order valence-electron chi connectivity index (χ2n) is 3.66. The van der Waals surface area contributed by atoms with Gasteiger partial charge < -0.3 is 10.3 Å². The van der Waals surface area contributed by atoms with Gasteiger partial charge in [-0.1, -0.05) is 11.6 Å². The van der Waals surface area contributed by atoms with Crippen molar-refractivity contribution in [1.29, 1.82) is 0 Å². The normalized spacial score (nSPS) is 21.6. The van der Waals surface area contributed by atoms with Gasteiger partial charge in [0, 0.05) is 13.0 Å². The average Bonchev–Trinajstić information content (AvgIpc) is 2.43. The number of aromatic nitrogens is 2. The molecule has 0 aliphatic carbocycles. The first-order valence-corrected chi connectivity index (χ1v) is 5.01. The molecule has 0 saturated heterocycles. The molecule has 1 aromatic heterocycles. The van der Waals surface area contributed by atoms with Crippen molar-refractivity contribution in [3.8, 4) is 0 Å². The summed E-state index contributed by atoms with van der Waals surface area (Å²) in [5.74, 6) is 1.69. The highest BCUT2D eigenvalue weighted by Crippen LogP contribution is 2.25. The zero-order chi connectivity index (χ0) is 9.42. The molecule has 0 amide bonds. The van der Waals surface area contributed by atoms with E-state index in [2.05, 4.69) is 9.55 Å². The molecule has 0 aromatic carbocycles. The summed E-state index contributed by atoms with van der Waals surface area (Å²) >= 11 is 6.11. The molecule has 0 fully saturated rings. The van der Waals surface area contributed by atoms with Crippen LogP contribution in [0.4, 0.5) is 0 Å². The maximum absolute atomic E-state index is 6.11. The van der Waals surface area contributed by atoms with Crippen LogP contribution in [0.5, 0.6) is 0 Å². The largest absolute Gasteiger partial charge is 0.330 e. The number of nitrogens with two attached hydrogens (primary N) is 1. The van der Waals surface area contributed by atoms with Crippen molar-refractivity contribution in [3.05, 3.63) is 16.7 Å². The van der Waals surface area contributed by atoms with E-state index in [-0.39, 0.29) is 0 Å². The molecule has 0 saturated carbocycles. The summed E-state index contributed by atoms with van der Waals surface area (Å²) in [6, 6.07) is 0. The molecule has 0 bridgehead atoms. The quantitative estimate of drug-likeness (QED) is 0.743. The fourth-order valence-electron chi connectivity index (χ4n) is 1.86. The van der Waals surface area contributed by atoms with Gasteiger partial charge in [-0.2, -0.15) is 0 Å². The summed E-state index contributed by atoms with van der Waals surface area (Å²) in [5.41, 5.74) is 6.58. The Labute approximate surface area is 82.9 Å². The number of aryl methyl sites for hydroxylation is 2. The molecule has 1 aliphatic heterocycles. The minimum atomic E-state index is 0.568. The van der Waals surface area contributed by atoms with E-state index in [0.717, 1.165) is 42.6 Å². The van der Waals surface area contributed by atoms with Gasteiger partial charge in [0.2, 0.25) is 0 Å². The van der Waals surface area contributed by atoms with Gasteiger partial charge >= 0.3 is 0 Å². The molecule has 0 radical (unpaired) electrons. The number of halogens is 1. The van der Waals surface area contributed by atoms with Crippen LogP contribution in [-0.4, -0.2) is 16.1 Å². The van der Waals surface area contributed by atoms with E-state index < -0.39 is 0 Å². The minimum absolute atomic E-state index is 0.568. The van der Waals surface area contributed by atoms with E-state index in [1.165, 1.54) is 0 Å². The number of hydrogen-bond acceptors (Lipinski definition) is 2. The molecule has 1 aliphatic rings. The zero-order valence-electron chi connectivity index (χ0n) is 7.76. The van der Waals surface area contributed by atoms with Crippen molar-refractivity contribution in [2.24, 2.45) is 11.7 Å². The van der Waals surface area contributed by atoms with Crippen LogP contribution in [0.3, 0.4) is 0 Å². The summed E-state index contributed by atoms with van der Waals surface area (Å²) in [6.07, 6.45) is 2.15. The van der Waals surface area contributed by atoms with Gasteiger partial charge in [-0.05, 0) is 25.8 Å². The summed E-state index contributed by atoms with van der Waals surface area (Å²) in [6.45, 7) is 3.63. The number of imidazole rings is 1. The maximum Gasteiger partial charge on any atom is 0.131 e. The highest BCUT2D eigenvalue weighted by Gasteiger charge is 2.21. The van der Waals surface area contributed by atoms with Crippen LogP contribution in [0.2, 0.25) is 5.15 Å². The van der Waals surface area contributed by atoms with Gasteiger partial charge in [0.1, 0.15) is 11.0 Å². The Morgan fingerprint density at radius 3 is 3.15 bits per heavy atom. The fraction of sp³-hybridized carbons (Fsp3) is 0.667. The Hall–Kier alpha value is -0.540. The number of fused-ring (bicyclic) bond motifs is 1. The van der Waals surface area contributed by atoms with Crippen LogP contribution in [-0.2, 0) is 13.0 Å². The molecule has 2 N–H and O–H groups in total. The average molecular weight is 200 g/mol. The third-order valence-electron chi connectivity index (χ3n) is 2.69. The number of rotatable bonds is 1. The lowest BCUT2D eigenvalue weighted by molar-refractivity contribution is 0.374. The lowest BCUT2D eigenvalue weighted by Gasteiger charge is -2.22. The molecule has 1 unspecified atom stereocenters. The van der Waals surface area contributed by atoms with Crippen LogP contribution in [0.1, 0.15) is 17.9 Å². The van der Waals surface area contributed by atoms with E-state index in [4.69, 9.17) is 17.3 Å². The van der Waals surface area contributed by atoms with Gasteiger partial charge in [0.25, 0.3) is 0 Å². The predicted octanol–water partition coefficient (Wildman–Crippen LogP) is 1.37. The Morgan fingerprint density at radius 2 is 2.46 bits per heavy atom. The Bertz CT molecular complexity index is 319. The first kappa shape index (κ1) is 9.03. The van der Waals surface area contributed by atoms with Crippen LogP contribution in [0.25, 0.3) is 0 Å². The molecule has 2 heterocycles. The van der Waals surface area contributed by atoms with E-state index >= 15 is 0 Å². The van der Waals surface area contributed by atoms with Gasteiger partial charge in [-0.3, -0.25) is 0 Å². The molecule has 3 nitrogen and oxygen atoms in total. The molecule has 2 rings (SSSR count). The van der Waals surface area contributed by atoms with Crippen molar-refractivity contribution in [1.82, 2.24) is 9.55 Å². The zero-order valence-corrected chi connectivity index (χ0v) is 8.51. The van der Waals surface area contributed by atoms with Crippen LogP contribution in [0, 0.1) is 12.8 Å². The highest BCUT2D eigenvalue weighted by molar-refractivity contribution is 6.30. The van der Waals surface area contributed by atoms with Crippen molar-refractivity contribution in [2.45, 2.75) is 26.3 Å². The van der Waals surface area contributed by atoms with Gasteiger partial charge in [0.15, 0.2) is 0 Å².